The van der Waals surface area contributed by atoms with Crippen molar-refractivity contribution in [1.29, 1.82) is 0 Å². The van der Waals surface area contributed by atoms with Crippen molar-refractivity contribution in [2.75, 3.05) is 19.7 Å². The van der Waals surface area contributed by atoms with Crippen LogP contribution in [0.3, 0.4) is 0 Å². The monoisotopic (exact) mass is 300 g/mol. The molecule has 114 valence electrons. The van der Waals surface area contributed by atoms with Crippen LogP contribution in [0.15, 0.2) is 29.2 Å². The summed E-state index contributed by atoms with van der Waals surface area (Å²) >= 11 is 0. The van der Waals surface area contributed by atoms with Gasteiger partial charge in [0.15, 0.2) is 5.65 Å². The van der Waals surface area contributed by atoms with E-state index in [9.17, 15) is 18.4 Å². The summed E-state index contributed by atoms with van der Waals surface area (Å²) in [5.74, 6) is -0.699. The zero-order valence-corrected chi connectivity index (χ0v) is 11.0. The molecule has 0 saturated carbocycles. The Labute approximate surface area is 118 Å². The van der Waals surface area contributed by atoms with Crippen molar-refractivity contribution in [2.45, 2.75) is 13.0 Å². The Kier molecular flexibility index (Phi) is 4.63. The van der Waals surface area contributed by atoms with Crippen molar-refractivity contribution in [3.63, 3.8) is 0 Å². The highest BCUT2D eigenvalue weighted by Gasteiger charge is 2.19. The van der Waals surface area contributed by atoms with Gasteiger partial charge in [-0.05, 0) is 12.1 Å². The fraction of sp³-hybridized carbons (Fsp3) is 0.417. The van der Waals surface area contributed by atoms with Crippen LogP contribution in [0, 0.1) is 0 Å². The van der Waals surface area contributed by atoms with E-state index in [1.54, 1.807) is 18.2 Å². The van der Waals surface area contributed by atoms with Crippen LogP contribution in [0.4, 0.5) is 8.78 Å². The van der Waals surface area contributed by atoms with Gasteiger partial charge in [-0.2, -0.15) is 0 Å². The average molecular weight is 300 g/mol. The largest absolute Gasteiger partial charge is 0.395 e. The molecule has 0 bridgehead atoms. The first-order valence-corrected chi connectivity index (χ1v) is 6.24. The minimum absolute atomic E-state index is 0.217. The van der Waals surface area contributed by atoms with Crippen molar-refractivity contribution in [2.24, 2.45) is 0 Å². The summed E-state index contributed by atoms with van der Waals surface area (Å²) < 4.78 is 26.9. The minimum Gasteiger partial charge on any atom is -0.395 e. The molecule has 0 spiro atoms. The Morgan fingerprint density at radius 2 is 2.19 bits per heavy atom. The number of carbonyl (C=O) groups is 1. The van der Waals surface area contributed by atoms with E-state index < -0.39 is 37.7 Å². The Hall–Kier alpha value is -2.29. The second-order valence-electron chi connectivity index (χ2n) is 4.32. The predicted molar refractivity (Wildman–Crippen MR) is 69.1 cm³/mol. The first-order valence-electron chi connectivity index (χ1n) is 6.24. The molecule has 0 atom stereocenters. The lowest BCUT2D eigenvalue weighted by molar-refractivity contribution is -0.134. The molecule has 0 aliphatic carbocycles. The molecule has 2 rings (SSSR count). The van der Waals surface area contributed by atoms with E-state index in [4.69, 9.17) is 5.11 Å². The van der Waals surface area contributed by atoms with Crippen molar-refractivity contribution >= 4 is 11.6 Å². The lowest BCUT2D eigenvalue weighted by Gasteiger charge is -2.20. The van der Waals surface area contributed by atoms with E-state index in [0.717, 1.165) is 9.58 Å². The van der Waals surface area contributed by atoms with E-state index in [-0.39, 0.29) is 6.54 Å². The number of hydrogen-bond donors (Lipinski definition) is 1. The number of nitrogens with zero attached hydrogens (tertiary/aromatic N) is 4. The maximum atomic E-state index is 12.4. The highest BCUT2D eigenvalue weighted by atomic mass is 19.3. The smallest absolute Gasteiger partial charge is 0.350 e. The van der Waals surface area contributed by atoms with Crippen LogP contribution in [0.5, 0.6) is 0 Å². The number of rotatable bonds is 6. The normalized spacial score (nSPS) is 11.2. The topological polar surface area (TPSA) is 79.8 Å². The molecule has 0 aliphatic heterocycles. The average Bonchev–Trinajstić information content (AvgIpc) is 2.75. The van der Waals surface area contributed by atoms with Gasteiger partial charge >= 0.3 is 5.69 Å². The number of alkyl halides is 2. The molecule has 7 nitrogen and oxygen atoms in total. The number of pyridine rings is 1. The van der Waals surface area contributed by atoms with Crippen molar-refractivity contribution in [3.05, 3.63) is 34.9 Å². The molecule has 0 aliphatic rings. The van der Waals surface area contributed by atoms with E-state index in [1.807, 2.05) is 0 Å². The maximum absolute atomic E-state index is 12.4. The molecule has 2 aromatic rings. The van der Waals surface area contributed by atoms with Gasteiger partial charge in [-0.25, -0.2) is 18.3 Å². The molecule has 2 heterocycles. The van der Waals surface area contributed by atoms with Crippen molar-refractivity contribution in [3.8, 4) is 0 Å². The summed E-state index contributed by atoms with van der Waals surface area (Å²) in [5.41, 5.74) is -0.169. The zero-order chi connectivity index (χ0) is 15.4. The number of fused-ring (bicyclic) bond motifs is 1. The summed E-state index contributed by atoms with van der Waals surface area (Å²) in [6.07, 6.45) is -1.21. The molecular weight excluding hydrogens is 286 g/mol. The molecule has 21 heavy (non-hydrogen) atoms. The third-order valence-corrected chi connectivity index (χ3v) is 2.85. The van der Waals surface area contributed by atoms with Gasteiger partial charge in [0.25, 0.3) is 6.43 Å². The van der Waals surface area contributed by atoms with Crippen LogP contribution in [0.1, 0.15) is 0 Å². The first kappa shape index (κ1) is 15.1. The highest BCUT2D eigenvalue weighted by molar-refractivity contribution is 5.76. The number of aromatic nitrogens is 3. The number of aliphatic hydroxyl groups is 1. The van der Waals surface area contributed by atoms with Gasteiger partial charge in [0.1, 0.15) is 6.54 Å². The number of amides is 1. The molecule has 2 aromatic heterocycles. The summed E-state index contributed by atoms with van der Waals surface area (Å²) in [7, 11) is 0. The summed E-state index contributed by atoms with van der Waals surface area (Å²) in [6, 6.07) is 4.91. The molecule has 1 N–H and O–H groups in total. The van der Waals surface area contributed by atoms with Crippen LogP contribution in [0.25, 0.3) is 5.65 Å². The van der Waals surface area contributed by atoms with E-state index in [0.29, 0.717) is 5.65 Å². The Bertz CT molecular complexity index is 682. The SMILES string of the molecule is O=C(Cn1nc2ccccn2c1=O)N(CCO)CC(F)F. The second kappa shape index (κ2) is 6.44. The van der Waals surface area contributed by atoms with Crippen molar-refractivity contribution in [1.82, 2.24) is 19.1 Å². The predicted octanol–water partition coefficient (Wildman–Crippen LogP) is -0.418. The molecule has 0 unspecified atom stereocenters. The van der Waals surface area contributed by atoms with Gasteiger partial charge in [0, 0.05) is 12.7 Å². The van der Waals surface area contributed by atoms with Gasteiger partial charge in [-0.3, -0.25) is 9.20 Å². The third kappa shape index (κ3) is 3.43. The lowest BCUT2D eigenvalue weighted by atomic mass is 10.4. The standard InChI is InChI=1S/C12H14F2N4O3/c13-9(14)7-16(5-6-19)11(20)8-18-12(21)17-4-2-1-3-10(17)15-18/h1-4,9,19H,5-8H2. The van der Waals surface area contributed by atoms with E-state index in [2.05, 4.69) is 5.10 Å². The van der Waals surface area contributed by atoms with Crippen molar-refractivity contribution < 1.29 is 18.7 Å². The number of aliphatic hydroxyl groups excluding tert-OH is 1. The highest BCUT2D eigenvalue weighted by Crippen LogP contribution is 2.01. The first-order chi connectivity index (χ1) is 10.0. The quantitative estimate of drug-likeness (QED) is 0.786. The molecule has 9 heteroatoms. The van der Waals surface area contributed by atoms with Crippen LogP contribution < -0.4 is 5.69 Å². The summed E-state index contributed by atoms with van der Waals surface area (Å²) in [5, 5.41) is 12.7. The fourth-order valence-corrected chi connectivity index (χ4v) is 1.90. The summed E-state index contributed by atoms with van der Waals surface area (Å²) in [4.78, 5) is 24.7. The molecule has 0 saturated heterocycles. The lowest BCUT2D eigenvalue weighted by Crippen LogP contribution is -2.41. The molecular formula is C12H14F2N4O3. The molecule has 1 amide bonds. The molecule has 0 fully saturated rings. The minimum atomic E-state index is -2.71. The number of halogens is 2. The van der Waals surface area contributed by atoms with Crippen LogP contribution >= 0.6 is 0 Å². The van der Waals surface area contributed by atoms with E-state index in [1.165, 1.54) is 10.6 Å². The fourth-order valence-electron chi connectivity index (χ4n) is 1.90. The van der Waals surface area contributed by atoms with Crippen LogP contribution in [0.2, 0.25) is 0 Å². The van der Waals surface area contributed by atoms with Gasteiger partial charge < -0.3 is 10.0 Å². The maximum Gasteiger partial charge on any atom is 0.350 e. The zero-order valence-electron chi connectivity index (χ0n) is 11.0. The van der Waals surface area contributed by atoms with Gasteiger partial charge in [-0.15, -0.1) is 5.10 Å². The Morgan fingerprint density at radius 3 is 2.81 bits per heavy atom. The Balaban J connectivity index is 2.20. The number of carbonyl (C=O) groups excluding carboxylic acids is 1. The second-order valence-corrected chi connectivity index (χ2v) is 4.32. The van der Waals surface area contributed by atoms with Gasteiger partial charge in [0.05, 0.1) is 13.2 Å². The van der Waals surface area contributed by atoms with Crippen LogP contribution in [-0.4, -0.2) is 56.2 Å². The molecule has 0 radical (unpaired) electrons. The molecule has 0 aromatic carbocycles. The summed E-state index contributed by atoms with van der Waals surface area (Å²) in [6.45, 7) is -1.89. The van der Waals surface area contributed by atoms with E-state index >= 15 is 0 Å². The van der Waals surface area contributed by atoms with Crippen LogP contribution in [-0.2, 0) is 11.3 Å². The van der Waals surface area contributed by atoms with Gasteiger partial charge in [-0.1, -0.05) is 6.07 Å². The third-order valence-electron chi connectivity index (χ3n) is 2.85. The number of hydrogen-bond acceptors (Lipinski definition) is 4. The Morgan fingerprint density at radius 1 is 1.43 bits per heavy atom. The van der Waals surface area contributed by atoms with Gasteiger partial charge in [0.2, 0.25) is 5.91 Å².